The van der Waals surface area contributed by atoms with E-state index in [-0.39, 0.29) is 0 Å². The number of aromatic nitrogens is 1. The Morgan fingerprint density at radius 2 is 2.58 bits per heavy atom. The normalized spacial score (nSPS) is 22.9. The zero-order chi connectivity index (χ0) is 8.39. The monoisotopic (exact) mass is 200 g/mol. The van der Waals surface area contributed by atoms with Gasteiger partial charge in [-0.05, 0) is 6.07 Å². The molecular formula is C8H9ClN2S. The maximum atomic E-state index is 5.94. The Labute approximate surface area is 80.7 Å². The molecule has 64 valence electrons. The molecule has 2 nitrogen and oxygen atoms in total. The van der Waals surface area contributed by atoms with Gasteiger partial charge in [0.2, 0.25) is 0 Å². The minimum Gasteiger partial charge on any atom is -0.301 e. The summed E-state index contributed by atoms with van der Waals surface area (Å²) in [6.07, 6.45) is 1.71. The molecule has 2 rings (SSSR count). The van der Waals surface area contributed by atoms with E-state index in [1.807, 2.05) is 23.9 Å². The molecule has 1 atom stereocenters. The molecule has 0 aromatic carbocycles. The maximum absolute atomic E-state index is 5.94. The molecule has 0 saturated carbocycles. The van der Waals surface area contributed by atoms with Crippen LogP contribution < -0.4 is 5.32 Å². The van der Waals surface area contributed by atoms with Crippen LogP contribution in [0.5, 0.6) is 0 Å². The van der Waals surface area contributed by atoms with Gasteiger partial charge in [-0.2, -0.15) is 0 Å². The Bertz CT molecular complexity index is 274. The van der Waals surface area contributed by atoms with E-state index in [0.29, 0.717) is 10.5 Å². The van der Waals surface area contributed by atoms with Gasteiger partial charge in [0, 0.05) is 24.1 Å². The Kier molecular flexibility index (Phi) is 2.54. The van der Waals surface area contributed by atoms with Crippen molar-refractivity contribution in [2.75, 3.05) is 12.3 Å². The highest BCUT2D eigenvalue weighted by molar-refractivity contribution is 7.99. The highest BCUT2D eigenvalue weighted by Gasteiger charge is 2.18. The third-order valence-corrected chi connectivity index (χ3v) is 3.30. The highest BCUT2D eigenvalue weighted by Crippen LogP contribution is 2.32. The number of rotatable bonds is 1. The summed E-state index contributed by atoms with van der Waals surface area (Å²) in [5.41, 5.74) is 1.10. The Hall–Kier alpha value is -0.250. The van der Waals surface area contributed by atoms with Gasteiger partial charge in [-0.25, -0.2) is 4.98 Å². The first-order chi connectivity index (χ1) is 5.88. The maximum Gasteiger partial charge on any atom is 0.134 e. The Morgan fingerprint density at radius 1 is 1.67 bits per heavy atom. The van der Waals surface area contributed by atoms with Gasteiger partial charge in [-0.3, -0.25) is 0 Å². The van der Waals surface area contributed by atoms with Crippen molar-refractivity contribution >= 4 is 23.4 Å². The van der Waals surface area contributed by atoms with Crippen molar-refractivity contribution < 1.29 is 0 Å². The number of pyridine rings is 1. The fourth-order valence-corrected chi connectivity index (χ4v) is 2.59. The van der Waals surface area contributed by atoms with Crippen molar-refractivity contribution in [2.24, 2.45) is 0 Å². The van der Waals surface area contributed by atoms with Gasteiger partial charge in [0.05, 0.1) is 5.37 Å². The van der Waals surface area contributed by atoms with Crippen molar-refractivity contribution in [3.63, 3.8) is 0 Å². The fourth-order valence-electron chi connectivity index (χ4n) is 1.22. The summed E-state index contributed by atoms with van der Waals surface area (Å²) in [6.45, 7) is 1.06. The van der Waals surface area contributed by atoms with Crippen LogP contribution in [-0.4, -0.2) is 17.3 Å². The van der Waals surface area contributed by atoms with Crippen LogP contribution in [0.25, 0.3) is 0 Å². The second kappa shape index (κ2) is 3.64. The average molecular weight is 201 g/mol. The molecule has 0 spiro atoms. The number of nitrogens with one attached hydrogen (secondary N) is 1. The smallest absolute Gasteiger partial charge is 0.134 e. The van der Waals surface area contributed by atoms with Crippen molar-refractivity contribution in [3.8, 4) is 0 Å². The second-order valence-corrected chi connectivity index (χ2v) is 4.16. The van der Waals surface area contributed by atoms with E-state index in [0.717, 1.165) is 17.9 Å². The van der Waals surface area contributed by atoms with Crippen LogP contribution in [-0.2, 0) is 0 Å². The third-order valence-electron chi connectivity index (χ3n) is 1.79. The van der Waals surface area contributed by atoms with E-state index >= 15 is 0 Å². The van der Waals surface area contributed by atoms with E-state index in [1.54, 1.807) is 6.20 Å². The molecule has 1 unspecified atom stereocenters. The lowest BCUT2D eigenvalue weighted by Gasteiger charge is -2.09. The average Bonchev–Trinajstić information content (AvgIpc) is 2.57. The first-order valence-electron chi connectivity index (χ1n) is 3.83. The lowest BCUT2D eigenvalue weighted by atomic mass is 10.3. The van der Waals surface area contributed by atoms with Gasteiger partial charge in [0.1, 0.15) is 5.15 Å². The van der Waals surface area contributed by atoms with Gasteiger partial charge in [-0.1, -0.05) is 17.7 Å². The molecule has 0 aliphatic carbocycles. The third kappa shape index (κ3) is 1.58. The van der Waals surface area contributed by atoms with Crippen LogP contribution in [0.2, 0.25) is 5.15 Å². The molecule has 1 saturated heterocycles. The molecule has 1 aromatic rings. The van der Waals surface area contributed by atoms with Crippen molar-refractivity contribution in [2.45, 2.75) is 5.37 Å². The van der Waals surface area contributed by atoms with Gasteiger partial charge >= 0.3 is 0 Å². The summed E-state index contributed by atoms with van der Waals surface area (Å²) < 4.78 is 0. The summed E-state index contributed by atoms with van der Waals surface area (Å²) in [4.78, 5) is 4.04. The summed E-state index contributed by atoms with van der Waals surface area (Å²) in [6, 6.07) is 3.94. The van der Waals surface area contributed by atoms with Crippen LogP contribution in [0.4, 0.5) is 0 Å². The molecule has 0 amide bonds. The topological polar surface area (TPSA) is 24.9 Å². The molecule has 1 aliphatic rings. The van der Waals surface area contributed by atoms with Gasteiger partial charge in [-0.15, -0.1) is 11.8 Å². The lowest BCUT2D eigenvalue weighted by molar-refractivity contribution is 0.748. The van der Waals surface area contributed by atoms with E-state index in [9.17, 15) is 0 Å². The number of hydrogen-bond donors (Lipinski definition) is 1. The van der Waals surface area contributed by atoms with Crippen molar-refractivity contribution in [1.82, 2.24) is 10.3 Å². The predicted octanol–water partition coefficient (Wildman–Crippen LogP) is 2.07. The summed E-state index contributed by atoms with van der Waals surface area (Å²) in [5, 5.41) is 4.31. The summed E-state index contributed by atoms with van der Waals surface area (Å²) in [7, 11) is 0. The zero-order valence-electron chi connectivity index (χ0n) is 6.46. The molecule has 1 aliphatic heterocycles. The van der Waals surface area contributed by atoms with Gasteiger partial charge < -0.3 is 5.32 Å². The minimum absolute atomic E-state index is 0.339. The van der Waals surface area contributed by atoms with E-state index < -0.39 is 0 Å². The van der Waals surface area contributed by atoms with Crippen molar-refractivity contribution in [3.05, 3.63) is 29.0 Å². The molecule has 12 heavy (non-hydrogen) atoms. The zero-order valence-corrected chi connectivity index (χ0v) is 8.03. The van der Waals surface area contributed by atoms with E-state index in [2.05, 4.69) is 10.3 Å². The minimum atomic E-state index is 0.339. The molecule has 4 heteroatoms. The van der Waals surface area contributed by atoms with E-state index in [1.165, 1.54) is 0 Å². The number of hydrogen-bond acceptors (Lipinski definition) is 3. The fraction of sp³-hybridized carbons (Fsp3) is 0.375. The molecule has 2 heterocycles. The first kappa shape index (κ1) is 8.35. The summed E-state index contributed by atoms with van der Waals surface area (Å²) >= 11 is 7.81. The summed E-state index contributed by atoms with van der Waals surface area (Å²) in [5.74, 6) is 1.15. The van der Waals surface area contributed by atoms with Crippen LogP contribution >= 0.6 is 23.4 Å². The molecule has 0 bridgehead atoms. The molecule has 1 aromatic heterocycles. The van der Waals surface area contributed by atoms with Gasteiger partial charge in [0.15, 0.2) is 0 Å². The lowest BCUT2D eigenvalue weighted by Crippen LogP contribution is -2.12. The highest BCUT2D eigenvalue weighted by atomic mass is 35.5. The molecule has 1 N–H and O–H groups in total. The second-order valence-electron chi connectivity index (χ2n) is 2.59. The molecular weight excluding hydrogens is 192 g/mol. The predicted molar refractivity (Wildman–Crippen MR) is 52.4 cm³/mol. The van der Waals surface area contributed by atoms with Crippen LogP contribution in [0.1, 0.15) is 10.9 Å². The standard InChI is InChI=1S/C8H9ClN2S/c9-7-6(2-1-3-10-7)8-11-4-5-12-8/h1-3,8,11H,4-5H2. The number of thioether (sulfide) groups is 1. The van der Waals surface area contributed by atoms with Crippen LogP contribution in [0.15, 0.2) is 18.3 Å². The van der Waals surface area contributed by atoms with E-state index in [4.69, 9.17) is 11.6 Å². The van der Waals surface area contributed by atoms with Crippen LogP contribution in [0.3, 0.4) is 0 Å². The first-order valence-corrected chi connectivity index (χ1v) is 5.26. The molecule has 1 fully saturated rings. The van der Waals surface area contributed by atoms with Crippen molar-refractivity contribution in [1.29, 1.82) is 0 Å². The Morgan fingerprint density at radius 3 is 3.25 bits per heavy atom. The SMILES string of the molecule is Clc1ncccc1C1NCCS1. The largest absolute Gasteiger partial charge is 0.301 e. The Balaban J connectivity index is 2.26. The van der Waals surface area contributed by atoms with Gasteiger partial charge in [0.25, 0.3) is 0 Å². The number of nitrogens with zero attached hydrogens (tertiary/aromatic N) is 1. The molecule has 0 radical (unpaired) electrons. The number of halogens is 1. The van der Waals surface area contributed by atoms with Crippen LogP contribution in [0, 0.1) is 0 Å². The quantitative estimate of drug-likeness (QED) is 0.703.